The Morgan fingerprint density at radius 3 is 2.60 bits per heavy atom. The third-order valence-corrected chi connectivity index (χ3v) is 6.69. The lowest BCUT2D eigenvalue weighted by molar-refractivity contribution is -0.131. The van der Waals surface area contributed by atoms with Crippen LogP contribution in [0.15, 0.2) is 23.4 Å². The predicted octanol–water partition coefficient (Wildman–Crippen LogP) is 4.01. The summed E-state index contributed by atoms with van der Waals surface area (Å²) in [5.41, 5.74) is 1.48. The van der Waals surface area contributed by atoms with Crippen molar-refractivity contribution in [3.8, 4) is 12.1 Å². The second kappa shape index (κ2) is 6.34. The van der Waals surface area contributed by atoms with Crippen LogP contribution >= 0.6 is 0 Å². The van der Waals surface area contributed by atoms with Gasteiger partial charge in [0.1, 0.15) is 11.5 Å². The molecule has 0 aromatic heterocycles. The van der Waals surface area contributed by atoms with Gasteiger partial charge in [0.15, 0.2) is 5.78 Å². The summed E-state index contributed by atoms with van der Waals surface area (Å²) in [6, 6.07) is 4.20. The van der Waals surface area contributed by atoms with Crippen molar-refractivity contribution in [2.24, 2.45) is 11.3 Å². The van der Waals surface area contributed by atoms with Crippen LogP contribution in [-0.4, -0.2) is 22.8 Å². The van der Waals surface area contributed by atoms with Crippen LogP contribution in [0.5, 0.6) is 0 Å². The molecule has 2 aliphatic carbocycles. The van der Waals surface area contributed by atoms with Gasteiger partial charge in [0.05, 0.1) is 18.2 Å². The number of carbonyl (C=O) groups excluding carboxylic acids is 1. The van der Waals surface area contributed by atoms with Gasteiger partial charge in [0, 0.05) is 18.0 Å². The van der Waals surface area contributed by atoms with Gasteiger partial charge in [-0.05, 0) is 44.1 Å². The fraction of sp³-hybridized carbons (Fsp3) is 0.667. The smallest absolute Gasteiger partial charge is 0.158 e. The molecular weight excluding hydrogens is 310 g/mol. The molecule has 1 saturated heterocycles. The Hall–Kier alpha value is -2.07. The summed E-state index contributed by atoms with van der Waals surface area (Å²) in [7, 11) is 0. The monoisotopic (exact) mass is 335 g/mol. The number of rotatable bonds is 2. The largest absolute Gasteiger partial charge is 0.350 e. The van der Waals surface area contributed by atoms with Crippen molar-refractivity contribution >= 4 is 5.78 Å². The fourth-order valence-electron chi connectivity index (χ4n) is 5.41. The first-order chi connectivity index (χ1) is 12.2. The van der Waals surface area contributed by atoms with Crippen molar-refractivity contribution < 1.29 is 4.79 Å². The minimum absolute atomic E-state index is 0.00262. The maximum Gasteiger partial charge on any atom is 0.158 e. The van der Waals surface area contributed by atoms with E-state index in [4.69, 9.17) is 0 Å². The van der Waals surface area contributed by atoms with Crippen LogP contribution in [0, 0.1) is 34.0 Å². The van der Waals surface area contributed by atoms with Gasteiger partial charge in [0.25, 0.3) is 0 Å². The number of hydrogen-bond acceptors (Lipinski definition) is 4. The van der Waals surface area contributed by atoms with Crippen LogP contribution in [0.3, 0.4) is 0 Å². The molecule has 4 aliphatic rings. The summed E-state index contributed by atoms with van der Waals surface area (Å²) >= 11 is 0. The second-order valence-electron chi connectivity index (χ2n) is 8.02. The molecule has 130 valence electrons. The number of nitriles is 2. The fourth-order valence-corrected chi connectivity index (χ4v) is 5.41. The molecule has 1 saturated carbocycles. The molecule has 4 rings (SSSR count). The molecule has 0 bridgehead atoms. The molecule has 4 heteroatoms. The molecule has 0 unspecified atom stereocenters. The SMILES string of the molecule is N#C[C@@H]1C[C@@](C#N)(C(=O)C2CCCCC2)[C@H]2C=CC3=C(CCCC3)N12. The third kappa shape index (κ3) is 2.43. The van der Waals surface area contributed by atoms with Gasteiger partial charge >= 0.3 is 0 Å². The number of Topliss-reactive ketones (excluding diaryl/α,β-unsaturated/α-hetero) is 1. The molecule has 0 spiro atoms. The number of carbonyl (C=O) groups is 1. The Labute approximate surface area is 149 Å². The Morgan fingerprint density at radius 1 is 1.12 bits per heavy atom. The van der Waals surface area contributed by atoms with Crippen LogP contribution in [0.2, 0.25) is 0 Å². The van der Waals surface area contributed by atoms with Crippen LogP contribution in [0.1, 0.15) is 64.2 Å². The zero-order valence-corrected chi connectivity index (χ0v) is 14.7. The summed E-state index contributed by atoms with van der Waals surface area (Å²) < 4.78 is 0. The standard InChI is InChI=1S/C21H25N3O/c22-13-17-12-21(14-23,20(25)16-7-2-1-3-8-16)19-11-10-15-6-4-5-9-18(15)24(17)19/h10-11,16-17,19H,1-9,12H2/t17-,19+,21-/m0/s1. The molecule has 0 aromatic rings. The van der Waals surface area contributed by atoms with Crippen LogP contribution in [-0.2, 0) is 4.79 Å². The molecular formula is C21H25N3O. The highest BCUT2D eigenvalue weighted by Crippen LogP contribution is 2.50. The molecule has 3 atom stereocenters. The van der Waals surface area contributed by atoms with E-state index in [9.17, 15) is 15.3 Å². The van der Waals surface area contributed by atoms with Crippen LogP contribution < -0.4 is 0 Å². The topological polar surface area (TPSA) is 67.9 Å². The molecule has 2 fully saturated rings. The average molecular weight is 335 g/mol. The van der Waals surface area contributed by atoms with Crippen molar-refractivity contribution in [3.63, 3.8) is 0 Å². The van der Waals surface area contributed by atoms with Gasteiger partial charge in [-0.1, -0.05) is 31.4 Å². The number of nitrogens with zero attached hydrogens (tertiary/aromatic N) is 3. The molecule has 0 amide bonds. The first kappa shape index (κ1) is 16.4. The lowest BCUT2D eigenvalue weighted by atomic mass is 9.69. The second-order valence-corrected chi connectivity index (χ2v) is 8.02. The summed E-state index contributed by atoms with van der Waals surface area (Å²) in [6.45, 7) is 0. The summed E-state index contributed by atoms with van der Waals surface area (Å²) in [4.78, 5) is 15.6. The average Bonchev–Trinajstić information content (AvgIpc) is 3.03. The van der Waals surface area contributed by atoms with E-state index >= 15 is 0 Å². The van der Waals surface area contributed by atoms with E-state index in [-0.39, 0.29) is 23.8 Å². The third-order valence-electron chi connectivity index (χ3n) is 6.69. The lowest BCUT2D eigenvalue weighted by Crippen LogP contribution is -2.47. The van der Waals surface area contributed by atoms with Crippen molar-refractivity contribution in [2.45, 2.75) is 76.3 Å². The summed E-state index contributed by atoms with van der Waals surface area (Å²) in [5.74, 6) is 0.106. The van der Waals surface area contributed by atoms with E-state index in [0.717, 1.165) is 44.9 Å². The molecule has 0 radical (unpaired) electrons. The maximum absolute atomic E-state index is 13.4. The van der Waals surface area contributed by atoms with Crippen LogP contribution in [0.25, 0.3) is 0 Å². The highest BCUT2D eigenvalue weighted by molar-refractivity contribution is 5.91. The van der Waals surface area contributed by atoms with E-state index in [0.29, 0.717) is 6.42 Å². The molecule has 0 aromatic carbocycles. The lowest BCUT2D eigenvalue weighted by Gasteiger charge is -2.40. The zero-order valence-electron chi connectivity index (χ0n) is 14.7. The van der Waals surface area contributed by atoms with Gasteiger partial charge in [0.2, 0.25) is 0 Å². The van der Waals surface area contributed by atoms with E-state index in [1.54, 1.807) is 0 Å². The van der Waals surface area contributed by atoms with Crippen molar-refractivity contribution in [1.29, 1.82) is 10.5 Å². The highest BCUT2D eigenvalue weighted by atomic mass is 16.1. The first-order valence-electron chi connectivity index (χ1n) is 9.75. The van der Waals surface area contributed by atoms with Crippen molar-refractivity contribution in [1.82, 2.24) is 4.90 Å². The highest BCUT2D eigenvalue weighted by Gasteiger charge is 2.59. The van der Waals surface area contributed by atoms with Crippen molar-refractivity contribution in [3.05, 3.63) is 23.4 Å². The Bertz CT molecular complexity index is 716. The first-order valence-corrected chi connectivity index (χ1v) is 9.75. The molecule has 2 aliphatic heterocycles. The van der Waals surface area contributed by atoms with Gasteiger partial charge in [-0.25, -0.2) is 0 Å². The molecule has 4 nitrogen and oxygen atoms in total. The van der Waals surface area contributed by atoms with Crippen molar-refractivity contribution in [2.75, 3.05) is 0 Å². The van der Waals surface area contributed by atoms with Gasteiger partial charge in [-0.15, -0.1) is 0 Å². The van der Waals surface area contributed by atoms with E-state index < -0.39 is 5.41 Å². The summed E-state index contributed by atoms with van der Waals surface area (Å²) in [6.07, 6.45) is 14.0. The molecule has 0 N–H and O–H groups in total. The normalized spacial score (nSPS) is 34.9. The van der Waals surface area contributed by atoms with E-state index in [1.807, 2.05) is 6.08 Å². The zero-order chi connectivity index (χ0) is 17.4. The number of hydrogen-bond donors (Lipinski definition) is 0. The van der Waals surface area contributed by atoms with Crippen LogP contribution in [0.4, 0.5) is 0 Å². The maximum atomic E-state index is 13.4. The number of fused-ring (bicyclic) bond motifs is 2. The van der Waals surface area contributed by atoms with E-state index in [1.165, 1.54) is 24.1 Å². The van der Waals surface area contributed by atoms with E-state index in [2.05, 4.69) is 23.1 Å². The predicted molar refractivity (Wildman–Crippen MR) is 93.9 cm³/mol. The Balaban J connectivity index is 1.72. The van der Waals surface area contributed by atoms with Gasteiger partial charge < -0.3 is 4.90 Å². The Morgan fingerprint density at radius 2 is 1.88 bits per heavy atom. The minimum atomic E-state index is -1.05. The Kier molecular flexibility index (Phi) is 4.16. The number of allylic oxidation sites excluding steroid dienone is 3. The summed E-state index contributed by atoms with van der Waals surface area (Å²) in [5, 5.41) is 19.9. The molecule has 2 heterocycles. The number of ketones is 1. The minimum Gasteiger partial charge on any atom is -0.350 e. The van der Waals surface area contributed by atoms with Gasteiger partial charge in [-0.2, -0.15) is 10.5 Å². The van der Waals surface area contributed by atoms with Gasteiger partial charge in [-0.3, -0.25) is 4.79 Å². The quantitative estimate of drug-likeness (QED) is 0.764. The molecule has 25 heavy (non-hydrogen) atoms.